The first kappa shape index (κ1) is 19.2. The fraction of sp³-hybridized carbons (Fsp3) is 0.632. The van der Waals surface area contributed by atoms with Gasteiger partial charge in [-0.05, 0) is 36.8 Å². The van der Waals surface area contributed by atoms with E-state index in [0.717, 1.165) is 51.9 Å². The summed E-state index contributed by atoms with van der Waals surface area (Å²) in [5.74, 6) is 0.270. The van der Waals surface area contributed by atoms with Crippen LogP contribution in [0.15, 0.2) is 24.3 Å². The van der Waals surface area contributed by atoms with Gasteiger partial charge in [-0.15, -0.1) is 12.4 Å². The number of hydrogen-bond donors (Lipinski definition) is 1. The van der Waals surface area contributed by atoms with E-state index >= 15 is 0 Å². The summed E-state index contributed by atoms with van der Waals surface area (Å²) in [6.07, 6.45) is 5.06. The standard InChI is InChI=1S/C19H28N2O2.ClH/c1-2-15-5-7-16(8-6-15)18-14-20-11-12-21(18)19(22)10-9-17-4-3-13-23-17;/h5-8,17-18,20H,2-4,9-14H2,1H3;1H. The summed E-state index contributed by atoms with van der Waals surface area (Å²) in [5.41, 5.74) is 2.58. The van der Waals surface area contributed by atoms with Crippen molar-refractivity contribution in [1.29, 1.82) is 0 Å². The molecule has 2 heterocycles. The highest BCUT2D eigenvalue weighted by Gasteiger charge is 2.28. The largest absolute Gasteiger partial charge is 0.378 e. The predicted molar refractivity (Wildman–Crippen MR) is 98.6 cm³/mol. The van der Waals surface area contributed by atoms with Gasteiger partial charge < -0.3 is 15.0 Å². The van der Waals surface area contributed by atoms with Gasteiger partial charge in [0.15, 0.2) is 0 Å². The number of amides is 1. The number of rotatable bonds is 5. The van der Waals surface area contributed by atoms with Crippen LogP contribution in [0.4, 0.5) is 0 Å². The molecule has 0 bridgehead atoms. The first-order chi connectivity index (χ1) is 11.3. The number of nitrogens with zero attached hydrogens (tertiary/aromatic N) is 1. The van der Waals surface area contributed by atoms with Crippen LogP contribution in [-0.4, -0.2) is 43.2 Å². The van der Waals surface area contributed by atoms with Crippen LogP contribution >= 0.6 is 12.4 Å². The van der Waals surface area contributed by atoms with Gasteiger partial charge in [0.05, 0.1) is 12.1 Å². The molecule has 0 spiro atoms. The second-order valence-electron chi connectivity index (χ2n) is 6.58. The molecule has 24 heavy (non-hydrogen) atoms. The summed E-state index contributed by atoms with van der Waals surface area (Å²) in [4.78, 5) is 14.8. The molecule has 0 saturated carbocycles. The molecular formula is C19H29ClN2O2. The van der Waals surface area contributed by atoms with Gasteiger partial charge in [-0.25, -0.2) is 0 Å². The molecule has 0 aliphatic carbocycles. The second-order valence-corrected chi connectivity index (χ2v) is 6.58. The van der Waals surface area contributed by atoms with Crippen molar-refractivity contribution in [1.82, 2.24) is 10.2 Å². The minimum absolute atomic E-state index is 0. The van der Waals surface area contributed by atoms with Crippen molar-refractivity contribution in [2.75, 3.05) is 26.2 Å². The molecule has 0 radical (unpaired) electrons. The summed E-state index contributed by atoms with van der Waals surface area (Å²) < 4.78 is 5.64. The molecule has 2 aliphatic rings. The number of carbonyl (C=O) groups is 1. The van der Waals surface area contributed by atoms with E-state index in [1.54, 1.807) is 0 Å². The molecule has 4 nitrogen and oxygen atoms in total. The molecule has 1 N–H and O–H groups in total. The quantitative estimate of drug-likeness (QED) is 0.885. The van der Waals surface area contributed by atoms with Crippen LogP contribution in [0.3, 0.4) is 0 Å². The van der Waals surface area contributed by atoms with Crippen molar-refractivity contribution < 1.29 is 9.53 Å². The monoisotopic (exact) mass is 352 g/mol. The Labute approximate surface area is 151 Å². The normalized spacial score (nSPS) is 23.8. The van der Waals surface area contributed by atoms with Crippen molar-refractivity contribution >= 4 is 18.3 Å². The summed E-state index contributed by atoms with van der Waals surface area (Å²) in [5, 5.41) is 3.43. The lowest BCUT2D eigenvalue weighted by atomic mass is 10.00. The third-order valence-electron chi connectivity index (χ3n) is 5.04. The SMILES string of the molecule is CCc1ccc(C2CNCCN2C(=O)CCC2CCCO2)cc1.Cl. The van der Waals surface area contributed by atoms with E-state index in [4.69, 9.17) is 4.74 Å². The average Bonchev–Trinajstić information content (AvgIpc) is 3.13. The third kappa shape index (κ3) is 4.71. The van der Waals surface area contributed by atoms with E-state index in [-0.39, 0.29) is 24.4 Å². The number of piperazine rings is 1. The summed E-state index contributed by atoms with van der Waals surface area (Å²) in [6, 6.07) is 8.87. The number of hydrogen-bond acceptors (Lipinski definition) is 3. The first-order valence-corrected chi connectivity index (χ1v) is 8.98. The fourth-order valence-electron chi connectivity index (χ4n) is 3.58. The Balaban J connectivity index is 0.00000208. The van der Waals surface area contributed by atoms with Crippen molar-refractivity contribution in [3.8, 4) is 0 Å². The highest BCUT2D eigenvalue weighted by atomic mass is 35.5. The van der Waals surface area contributed by atoms with E-state index in [2.05, 4.69) is 41.4 Å². The number of carbonyl (C=O) groups excluding carboxylic acids is 1. The maximum absolute atomic E-state index is 12.7. The van der Waals surface area contributed by atoms with Crippen LogP contribution in [0.25, 0.3) is 0 Å². The lowest BCUT2D eigenvalue weighted by Crippen LogP contribution is -2.48. The lowest BCUT2D eigenvalue weighted by molar-refractivity contribution is -0.135. The topological polar surface area (TPSA) is 41.6 Å². The maximum Gasteiger partial charge on any atom is 0.223 e. The minimum Gasteiger partial charge on any atom is -0.378 e. The molecule has 3 rings (SSSR count). The van der Waals surface area contributed by atoms with E-state index in [9.17, 15) is 4.79 Å². The first-order valence-electron chi connectivity index (χ1n) is 8.98. The van der Waals surface area contributed by atoms with Crippen LogP contribution in [0, 0.1) is 0 Å². The molecule has 1 aromatic carbocycles. The van der Waals surface area contributed by atoms with Gasteiger partial charge in [-0.2, -0.15) is 0 Å². The predicted octanol–water partition coefficient (Wildman–Crippen LogP) is 3.10. The molecule has 5 heteroatoms. The molecule has 1 amide bonds. The number of nitrogens with one attached hydrogen (secondary N) is 1. The molecule has 2 atom stereocenters. The number of benzene rings is 1. The van der Waals surface area contributed by atoms with Crippen molar-refractivity contribution in [3.05, 3.63) is 35.4 Å². The molecular weight excluding hydrogens is 324 g/mol. The van der Waals surface area contributed by atoms with Gasteiger partial charge in [-0.3, -0.25) is 4.79 Å². The van der Waals surface area contributed by atoms with Crippen LogP contribution in [0.5, 0.6) is 0 Å². The van der Waals surface area contributed by atoms with Crippen LogP contribution < -0.4 is 5.32 Å². The fourth-order valence-corrected chi connectivity index (χ4v) is 3.58. The Kier molecular flexibility index (Phi) is 7.53. The van der Waals surface area contributed by atoms with Gasteiger partial charge in [0, 0.05) is 32.7 Å². The third-order valence-corrected chi connectivity index (χ3v) is 5.04. The minimum atomic E-state index is 0. The summed E-state index contributed by atoms with van der Waals surface area (Å²) in [7, 11) is 0. The molecule has 2 aliphatic heterocycles. The summed E-state index contributed by atoms with van der Waals surface area (Å²) in [6.45, 7) is 5.55. The van der Waals surface area contributed by atoms with Gasteiger partial charge in [0.25, 0.3) is 0 Å². The van der Waals surface area contributed by atoms with Crippen molar-refractivity contribution in [2.45, 2.75) is 51.2 Å². The van der Waals surface area contributed by atoms with Gasteiger partial charge in [-0.1, -0.05) is 31.2 Å². The molecule has 1 aromatic rings. The highest BCUT2D eigenvalue weighted by Crippen LogP contribution is 2.25. The molecule has 2 unspecified atom stereocenters. The second kappa shape index (κ2) is 9.40. The molecule has 134 valence electrons. The van der Waals surface area contributed by atoms with Crippen LogP contribution in [-0.2, 0) is 16.0 Å². The van der Waals surface area contributed by atoms with E-state index < -0.39 is 0 Å². The molecule has 2 fully saturated rings. The molecule has 2 saturated heterocycles. The van der Waals surface area contributed by atoms with E-state index in [1.165, 1.54) is 11.1 Å². The zero-order valence-electron chi connectivity index (χ0n) is 14.5. The summed E-state index contributed by atoms with van der Waals surface area (Å²) >= 11 is 0. The Hall–Kier alpha value is -1.10. The Morgan fingerprint density at radius 1 is 1.33 bits per heavy atom. The average molecular weight is 353 g/mol. The van der Waals surface area contributed by atoms with Crippen LogP contribution in [0.1, 0.15) is 49.8 Å². The Morgan fingerprint density at radius 2 is 2.12 bits per heavy atom. The van der Waals surface area contributed by atoms with E-state index in [0.29, 0.717) is 12.5 Å². The number of ether oxygens (including phenoxy) is 1. The van der Waals surface area contributed by atoms with Gasteiger partial charge in [0.1, 0.15) is 0 Å². The highest BCUT2D eigenvalue weighted by molar-refractivity contribution is 5.85. The van der Waals surface area contributed by atoms with Gasteiger partial charge in [0.2, 0.25) is 5.91 Å². The van der Waals surface area contributed by atoms with E-state index in [1.807, 2.05) is 0 Å². The Morgan fingerprint density at radius 3 is 2.79 bits per heavy atom. The lowest BCUT2D eigenvalue weighted by Gasteiger charge is -2.37. The molecule has 0 aromatic heterocycles. The van der Waals surface area contributed by atoms with Crippen molar-refractivity contribution in [3.63, 3.8) is 0 Å². The van der Waals surface area contributed by atoms with Crippen LogP contribution in [0.2, 0.25) is 0 Å². The number of aryl methyl sites for hydroxylation is 1. The van der Waals surface area contributed by atoms with Gasteiger partial charge >= 0.3 is 0 Å². The number of halogens is 1. The smallest absolute Gasteiger partial charge is 0.223 e. The Bertz CT molecular complexity index is 515. The zero-order valence-corrected chi connectivity index (χ0v) is 15.3. The zero-order chi connectivity index (χ0) is 16.1. The maximum atomic E-state index is 12.7. The van der Waals surface area contributed by atoms with Crippen molar-refractivity contribution in [2.24, 2.45) is 0 Å².